The lowest BCUT2D eigenvalue weighted by Crippen LogP contribution is -2.41. The van der Waals surface area contributed by atoms with Gasteiger partial charge in [-0.1, -0.05) is 12.1 Å². The van der Waals surface area contributed by atoms with Crippen molar-refractivity contribution in [2.45, 2.75) is 31.8 Å². The number of nitrogens with one attached hydrogen (secondary N) is 2. The van der Waals surface area contributed by atoms with E-state index in [2.05, 4.69) is 15.3 Å². The molecule has 162 valence electrons. The largest absolute Gasteiger partial charge is 0.481 e. The maximum Gasteiger partial charge on any atom is 0.326 e. The number of carboxylic acid groups (broad SMARTS) is 2. The molecule has 0 aliphatic rings. The lowest BCUT2D eigenvalue weighted by Gasteiger charge is -2.14. The van der Waals surface area contributed by atoms with Gasteiger partial charge in [0, 0.05) is 24.7 Å². The Balaban J connectivity index is 1.66. The predicted molar refractivity (Wildman–Crippen MR) is 111 cm³/mol. The number of hydrogen-bond donors (Lipinski definition) is 5. The number of fused-ring (bicyclic) bond motifs is 1. The number of benzene rings is 1. The number of hydrogen-bond acceptors (Lipinski definition) is 6. The van der Waals surface area contributed by atoms with Crippen LogP contribution < -0.4 is 16.6 Å². The van der Waals surface area contributed by atoms with E-state index >= 15 is 0 Å². The molecule has 1 atom stereocenters. The van der Waals surface area contributed by atoms with Gasteiger partial charge in [0.2, 0.25) is 5.95 Å². The minimum Gasteiger partial charge on any atom is -0.481 e. The van der Waals surface area contributed by atoms with Gasteiger partial charge in [0.15, 0.2) is 0 Å². The molecule has 3 rings (SSSR count). The fourth-order valence-corrected chi connectivity index (χ4v) is 3.15. The number of aliphatic carboxylic acids is 2. The normalized spacial score (nSPS) is 11.9. The van der Waals surface area contributed by atoms with Crippen LogP contribution in [0.5, 0.6) is 0 Å². The first kappa shape index (κ1) is 21.6. The number of H-pyrrole nitrogens is 1. The van der Waals surface area contributed by atoms with E-state index in [4.69, 9.17) is 15.9 Å². The number of carbonyl (C=O) groups excluding carboxylic acids is 1. The van der Waals surface area contributed by atoms with E-state index in [1.807, 2.05) is 0 Å². The number of rotatable bonds is 9. The minimum atomic E-state index is -1.30. The van der Waals surface area contributed by atoms with Crippen molar-refractivity contribution in [1.29, 1.82) is 0 Å². The van der Waals surface area contributed by atoms with Crippen LogP contribution in [0.15, 0.2) is 41.3 Å². The highest BCUT2D eigenvalue weighted by Crippen LogP contribution is 2.13. The summed E-state index contributed by atoms with van der Waals surface area (Å²) in [6, 6.07) is 6.90. The Morgan fingerprint density at radius 1 is 1.16 bits per heavy atom. The molecule has 1 aromatic carbocycles. The third kappa shape index (κ3) is 5.07. The average molecular weight is 427 g/mol. The van der Waals surface area contributed by atoms with Crippen LogP contribution in [-0.2, 0) is 22.6 Å². The van der Waals surface area contributed by atoms with Crippen LogP contribution in [0.2, 0.25) is 0 Å². The number of aromatic nitrogens is 3. The van der Waals surface area contributed by atoms with Gasteiger partial charge in [-0.25, -0.2) is 4.79 Å². The molecule has 0 unspecified atom stereocenters. The Morgan fingerprint density at radius 3 is 2.52 bits per heavy atom. The Morgan fingerprint density at radius 2 is 1.87 bits per heavy atom. The smallest absolute Gasteiger partial charge is 0.326 e. The molecule has 1 amide bonds. The molecule has 3 aromatic rings. The molecule has 0 radical (unpaired) electrons. The first-order valence-electron chi connectivity index (χ1n) is 9.44. The van der Waals surface area contributed by atoms with E-state index < -0.39 is 29.4 Å². The Labute approximate surface area is 175 Å². The van der Waals surface area contributed by atoms with Crippen molar-refractivity contribution in [2.75, 3.05) is 5.73 Å². The van der Waals surface area contributed by atoms with Crippen molar-refractivity contribution in [3.8, 4) is 0 Å². The topological polar surface area (TPSA) is 180 Å². The van der Waals surface area contributed by atoms with Gasteiger partial charge in [-0.2, -0.15) is 4.98 Å². The molecule has 11 heteroatoms. The second-order valence-electron chi connectivity index (χ2n) is 6.91. The van der Waals surface area contributed by atoms with Crippen molar-refractivity contribution in [2.24, 2.45) is 0 Å². The number of aromatic amines is 1. The van der Waals surface area contributed by atoms with Gasteiger partial charge in [-0.05, 0) is 36.6 Å². The molecule has 2 heterocycles. The number of carbonyl (C=O) groups is 3. The summed E-state index contributed by atoms with van der Waals surface area (Å²) in [7, 11) is 0. The zero-order chi connectivity index (χ0) is 22.5. The van der Waals surface area contributed by atoms with Crippen LogP contribution in [-0.4, -0.2) is 48.6 Å². The van der Waals surface area contributed by atoms with E-state index in [0.717, 1.165) is 5.56 Å². The summed E-state index contributed by atoms with van der Waals surface area (Å²) in [6.07, 6.45) is 1.60. The van der Waals surface area contributed by atoms with Gasteiger partial charge in [0.05, 0.1) is 5.39 Å². The fourth-order valence-electron chi connectivity index (χ4n) is 3.15. The number of aryl methyl sites for hydroxylation is 2. The molecule has 0 saturated heterocycles. The van der Waals surface area contributed by atoms with Crippen LogP contribution in [0.25, 0.3) is 11.0 Å². The molecular weight excluding hydrogens is 406 g/mol. The number of amides is 1. The van der Waals surface area contributed by atoms with Gasteiger partial charge in [-0.3, -0.25) is 19.0 Å². The summed E-state index contributed by atoms with van der Waals surface area (Å²) in [5.41, 5.74) is 7.20. The third-order valence-electron chi connectivity index (χ3n) is 4.81. The van der Waals surface area contributed by atoms with Crippen molar-refractivity contribution in [3.63, 3.8) is 0 Å². The van der Waals surface area contributed by atoms with E-state index in [0.29, 0.717) is 24.0 Å². The molecule has 0 fully saturated rings. The van der Waals surface area contributed by atoms with Gasteiger partial charge < -0.3 is 26.2 Å². The summed E-state index contributed by atoms with van der Waals surface area (Å²) >= 11 is 0. The van der Waals surface area contributed by atoms with E-state index in [9.17, 15) is 19.2 Å². The zero-order valence-corrected chi connectivity index (χ0v) is 16.4. The summed E-state index contributed by atoms with van der Waals surface area (Å²) in [5, 5.41) is 20.6. The number of nitrogen functional groups attached to an aromatic ring is 1. The van der Waals surface area contributed by atoms with Crippen LogP contribution in [0, 0.1) is 0 Å². The molecular formula is C20H21N5O6. The molecule has 6 N–H and O–H groups in total. The van der Waals surface area contributed by atoms with Crippen LogP contribution in [0.3, 0.4) is 0 Å². The van der Waals surface area contributed by atoms with Crippen LogP contribution in [0.1, 0.15) is 28.8 Å². The minimum absolute atomic E-state index is 0.0945. The first-order valence-corrected chi connectivity index (χ1v) is 9.44. The predicted octanol–water partition coefficient (Wildman–Crippen LogP) is 0.597. The Hall–Kier alpha value is -4.15. The quantitative estimate of drug-likeness (QED) is 0.329. The summed E-state index contributed by atoms with van der Waals surface area (Å²) in [5.74, 6) is -2.95. The van der Waals surface area contributed by atoms with Gasteiger partial charge >= 0.3 is 11.9 Å². The molecule has 2 aromatic heterocycles. The fraction of sp³-hybridized carbons (Fsp3) is 0.250. The van der Waals surface area contributed by atoms with Gasteiger partial charge in [0.25, 0.3) is 11.5 Å². The summed E-state index contributed by atoms with van der Waals surface area (Å²) in [6.45, 7) is 0.442. The molecule has 31 heavy (non-hydrogen) atoms. The van der Waals surface area contributed by atoms with Crippen molar-refractivity contribution in [3.05, 3.63) is 58.0 Å². The second-order valence-corrected chi connectivity index (χ2v) is 6.91. The number of carboxylic acids is 2. The highest BCUT2D eigenvalue weighted by atomic mass is 16.4. The van der Waals surface area contributed by atoms with Crippen LogP contribution >= 0.6 is 0 Å². The maximum atomic E-state index is 12.3. The zero-order valence-electron chi connectivity index (χ0n) is 16.4. The first-order chi connectivity index (χ1) is 14.8. The lowest BCUT2D eigenvalue weighted by molar-refractivity contribution is -0.140. The molecule has 0 aliphatic heterocycles. The molecule has 11 nitrogen and oxygen atoms in total. The number of nitrogens with zero attached hydrogens (tertiary/aromatic N) is 2. The second kappa shape index (κ2) is 9.11. The molecule has 0 saturated carbocycles. The monoisotopic (exact) mass is 427 g/mol. The molecule has 0 bridgehead atoms. The van der Waals surface area contributed by atoms with Gasteiger partial charge in [-0.15, -0.1) is 0 Å². The van der Waals surface area contributed by atoms with Crippen molar-refractivity contribution < 1.29 is 24.6 Å². The number of nitrogens with two attached hydrogens (primary N) is 1. The maximum absolute atomic E-state index is 12.3. The SMILES string of the molecule is Nc1nc(=O)c2cc[nH]c2n1CCc1ccc(C(=O)N[C@@H](CCC(=O)O)C(=O)O)cc1. The lowest BCUT2D eigenvalue weighted by atomic mass is 10.1. The standard InChI is InChI=1S/C20H21N5O6/c21-20-24-18(29)13-7-9-22-16(13)25(20)10-8-11-1-3-12(4-2-11)17(28)23-14(19(30)31)5-6-15(26)27/h1-4,7,9,14,22H,5-6,8,10H2,(H,23,28)(H,26,27)(H,30,31)(H2,21,24,29)/t14-/m0/s1. The van der Waals surface area contributed by atoms with E-state index in [-0.39, 0.29) is 24.4 Å². The van der Waals surface area contributed by atoms with Gasteiger partial charge in [0.1, 0.15) is 11.7 Å². The number of anilines is 1. The van der Waals surface area contributed by atoms with E-state index in [1.165, 1.54) is 0 Å². The highest BCUT2D eigenvalue weighted by Gasteiger charge is 2.21. The third-order valence-corrected chi connectivity index (χ3v) is 4.81. The summed E-state index contributed by atoms with van der Waals surface area (Å²) in [4.78, 5) is 52.8. The average Bonchev–Trinajstić information content (AvgIpc) is 3.21. The van der Waals surface area contributed by atoms with Crippen LogP contribution in [0.4, 0.5) is 5.95 Å². The van der Waals surface area contributed by atoms with Crippen molar-refractivity contribution >= 4 is 34.8 Å². The van der Waals surface area contributed by atoms with E-state index in [1.54, 1.807) is 41.1 Å². The Bertz CT molecular complexity index is 1180. The Kier molecular flexibility index (Phi) is 6.34. The molecule has 0 aliphatic carbocycles. The highest BCUT2D eigenvalue weighted by molar-refractivity contribution is 5.96. The van der Waals surface area contributed by atoms with Crippen molar-refractivity contribution in [1.82, 2.24) is 19.9 Å². The molecule has 0 spiro atoms. The summed E-state index contributed by atoms with van der Waals surface area (Å²) < 4.78 is 1.69.